The molecule has 0 spiro atoms. The van der Waals surface area contributed by atoms with Gasteiger partial charge in [0.25, 0.3) is 11.8 Å². The number of hydrazone groups is 1. The summed E-state index contributed by atoms with van der Waals surface area (Å²) in [6, 6.07) is 8.36. The van der Waals surface area contributed by atoms with Gasteiger partial charge in [0.2, 0.25) is 0 Å². The number of carbonyl (C=O) groups is 3. The predicted octanol–water partition coefficient (Wildman–Crippen LogP) is 4.16. The van der Waals surface area contributed by atoms with Crippen LogP contribution >= 0.6 is 11.6 Å². The molecule has 2 saturated carbocycles. The van der Waals surface area contributed by atoms with Gasteiger partial charge in [0.15, 0.2) is 0 Å². The van der Waals surface area contributed by atoms with E-state index in [0.717, 1.165) is 11.4 Å². The third-order valence-electron chi connectivity index (χ3n) is 7.31. The highest BCUT2D eigenvalue weighted by Gasteiger charge is 2.67. The molecule has 168 valence electrons. The number of rotatable bonds is 5. The molecule has 7 rings (SSSR count). The number of esters is 1. The Labute approximate surface area is 195 Å². The largest absolute Gasteiger partial charge is 0.462 e. The summed E-state index contributed by atoms with van der Waals surface area (Å²) in [6.07, 6.45) is 6.77. The molecule has 6 atom stereocenters. The van der Waals surface area contributed by atoms with Crippen LogP contribution in [-0.2, 0) is 14.3 Å². The van der Waals surface area contributed by atoms with Gasteiger partial charge in [-0.15, -0.1) is 0 Å². The topological polar surface area (TPSA) is 89.2 Å². The van der Waals surface area contributed by atoms with Crippen LogP contribution in [0.2, 0.25) is 5.02 Å². The van der Waals surface area contributed by atoms with Gasteiger partial charge in [-0.25, -0.2) is 4.79 Å². The average Bonchev–Trinajstić information content (AvgIpc) is 3.45. The van der Waals surface area contributed by atoms with E-state index in [1.54, 1.807) is 37.3 Å². The molecule has 3 fully saturated rings. The van der Waals surface area contributed by atoms with Crippen molar-refractivity contribution in [3.63, 3.8) is 0 Å². The van der Waals surface area contributed by atoms with Crippen LogP contribution in [0.25, 0.3) is 11.3 Å². The van der Waals surface area contributed by atoms with Gasteiger partial charge in [0.1, 0.15) is 11.5 Å². The zero-order chi connectivity index (χ0) is 22.9. The summed E-state index contributed by atoms with van der Waals surface area (Å²) in [5.41, 5.74) is 0.892. The lowest BCUT2D eigenvalue weighted by Crippen LogP contribution is -2.40. The Morgan fingerprint density at radius 2 is 1.85 bits per heavy atom. The van der Waals surface area contributed by atoms with Gasteiger partial charge in [-0.3, -0.25) is 9.59 Å². The van der Waals surface area contributed by atoms with E-state index in [1.165, 1.54) is 6.21 Å². The zero-order valence-electron chi connectivity index (χ0n) is 17.8. The second-order valence-corrected chi connectivity index (χ2v) is 9.41. The molecule has 5 aliphatic rings. The molecule has 1 aromatic heterocycles. The molecule has 2 amide bonds. The fraction of sp³-hybridized carbons (Fsp3) is 0.360. The van der Waals surface area contributed by atoms with Crippen LogP contribution in [0.15, 0.2) is 52.0 Å². The van der Waals surface area contributed by atoms with Gasteiger partial charge >= 0.3 is 5.97 Å². The minimum atomic E-state index is -0.508. The van der Waals surface area contributed by atoms with Crippen molar-refractivity contribution in [2.24, 2.45) is 40.6 Å². The van der Waals surface area contributed by atoms with Crippen molar-refractivity contribution in [2.75, 3.05) is 6.61 Å². The van der Waals surface area contributed by atoms with Gasteiger partial charge in [-0.2, -0.15) is 10.1 Å². The van der Waals surface area contributed by atoms with Gasteiger partial charge in [0.05, 0.1) is 35.2 Å². The van der Waals surface area contributed by atoms with Crippen molar-refractivity contribution in [3.05, 3.63) is 58.8 Å². The maximum Gasteiger partial charge on any atom is 0.339 e. The minimum Gasteiger partial charge on any atom is -0.462 e. The fourth-order valence-electron chi connectivity index (χ4n) is 5.79. The van der Waals surface area contributed by atoms with E-state index in [0.29, 0.717) is 33.9 Å². The summed E-state index contributed by atoms with van der Waals surface area (Å²) >= 11 is 6.13. The van der Waals surface area contributed by atoms with E-state index in [1.807, 2.05) is 0 Å². The smallest absolute Gasteiger partial charge is 0.339 e. The second-order valence-electron chi connectivity index (χ2n) is 9.00. The van der Waals surface area contributed by atoms with Crippen LogP contribution in [0.5, 0.6) is 0 Å². The Balaban J connectivity index is 1.22. The third kappa shape index (κ3) is 3.09. The molecule has 8 heteroatoms. The first kappa shape index (κ1) is 20.4. The summed E-state index contributed by atoms with van der Waals surface area (Å²) in [5, 5.41) is 5.52. The number of allylic oxidation sites excluding steroid dienone is 2. The molecule has 2 aromatic rings. The van der Waals surface area contributed by atoms with Crippen molar-refractivity contribution < 1.29 is 23.5 Å². The van der Waals surface area contributed by atoms with Crippen LogP contribution in [-0.4, -0.2) is 35.6 Å². The van der Waals surface area contributed by atoms with Gasteiger partial charge < -0.3 is 9.15 Å². The van der Waals surface area contributed by atoms with Crippen molar-refractivity contribution in [1.29, 1.82) is 0 Å². The standard InChI is InChI=1S/C25H21ClN2O5/c1-2-32-25(31)18-9-12(3-7-19(18)26)20-8-4-13(33-20)11-27-28-23(29)21-14-5-6-15(17-10-16(14)17)22(21)24(28)30/h3-9,11,14-17,21-22H,2,10H2,1H3/b27-11-/t14-,15-,16-,17+,21-,22+/m1/s1. The lowest BCUT2D eigenvalue weighted by molar-refractivity contribution is -0.140. The zero-order valence-corrected chi connectivity index (χ0v) is 18.6. The van der Waals surface area contributed by atoms with Gasteiger partial charge in [0, 0.05) is 5.56 Å². The van der Waals surface area contributed by atoms with Gasteiger partial charge in [-0.05, 0) is 67.3 Å². The number of hydrogen-bond acceptors (Lipinski definition) is 6. The number of amides is 2. The summed E-state index contributed by atoms with van der Waals surface area (Å²) in [6.45, 7) is 1.97. The molecule has 33 heavy (non-hydrogen) atoms. The van der Waals surface area contributed by atoms with Crippen LogP contribution in [0.4, 0.5) is 0 Å². The molecule has 0 unspecified atom stereocenters. The molecule has 1 saturated heterocycles. The first-order chi connectivity index (χ1) is 16.0. The number of nitrogens with zero attached hydrogens (tertiary/aromatic N) is 2. The fourth-order valence-corrected chi connectivity index (χ4v) is 5.99. The molecule has 0 N–H and O–H groups in total. The van der Waals surface area contributed by atoms with E-state index in [-0.39, 0.29) is 47.7 Å². The number of halogens is 1. The normalized spacial score (nSPS) is 31.3. The first-order valence-corrected chi connectivity index (χ1v) is 11.5. The predicted molar refractivity (Wildman–Crippen MR) is 119 cm³/mol. The lowest BCUT2D eigenvalue weighted by Gasteiger charge is -2.37. The van der Waals surface area contributed by atoms with Crippen molar-refractivity contribution >= 4 is 35.6 Å². The van der Waals surface area contributed by atoms with Crippen molar-refractivity contribution in [3.8, 4) is 11.3 Å². The average molecular weight is 465 g/mol. The van der Waals surface area contributed by atoms with Crippen LogP contribution in [0.1, 0.15) is 29.5 Å². The quantitative estimate of drug-likeness (QED) is 0.287. The monoisotopic (exact) mass is 464 g/mol. The second kappa shape index (κ2) is 7.42. The van der Waals surface area contributed by atoms with E-state index in [9.17, 15) is 14.4 Å². The summed E-state index contributed by atoms with van der Waals surface area (Å²) in [4.78, 5) is 38.1. The van der Waals surface area contributed by atoms with Crippen LogP contribution < -0.4 is 0 Å². The Hall–Kier alpha value is -3.19. The minimum absolute atomic E-state index is 0.162. The lowest BCUT2D eigenvalue weighted by atomic mass is 9.63. The third-order valence-corrected chi connectivity index (χ3v) is 7.64. The summed E-state index contributed by atoms with van der Waals surface area (Å²) < 4.78 is 10.9. The van der Waals surface area contributed by atoms with E-state index in [4.69, 9.17) is 20.8 Å². The van der Waals surface area contributed by atoms with E-state index < -0.39 is 5.97 Å². The molecule has 1 aliphatic heterocycles. The molecule has 2 bridgehead atoms. The Bertz CT molecular complexity index is 1210. The summed E-state index contributed by atoms with van der Waals surface area (Å²) in [5.74, 6) is 0.806. The van der Waals surface area contributed by atoms with Gasteiger partial charge in [-0.1, -0.05) is 23.8 Å². The number of furan rings is 1. The molecule has 1 aromatic carbocycles. The highest BCUT2D eigenvalue weighted by molar-refractivity contribution is 6.33. The number of ether oxygens (including phenoxy) is 1. The van der Waals surface area contributed by atoms with Crippen LogP contribution in [0.3, 0.4) is 0 Å². The number of hydrogen-bond donors (Lipinski definition) is 0. The SMILES string of the molecule is CCOC(=O)c1cc(-c2ccc(/C=N\N3C(=O)[C@@H]4[C@@H]5C=C[C@H]([C@@H]6C[C@H]56)[C@@H]4C3=O)o2)ccc1Cl. The molecular weight excluding hydrogens is 444 g/mol. The molecular formula is C25H21ClN2O5. The van der Waals surface area contributed by atoms with E-state index in [2.05, 4.69) is 17.3 Å². The van der Waals surface area contributed by atoms with Crippen molar-refractivity contribution in [1.82, 2.24) is 5.01 Å². The number of imide groups is 1. The Morgan fingerprint density at radius 3 is 2.52 bits per heavy atom. The highest BCUT2D eigenvalue weighted by Crippen LogP contribution is 2.65. The van der Waals surface area contributed by atoms with E-state index >= 15 is 0 Å². The van der Waals surface area contributed by atoms with Crippen LogP contribution in [0, 0.1) is 35.5 Å². The highest BCUT2D eigenvalue weighted by atomic mass is 35.5. The summed E-state index contributed by atoms with van der Waals surface area (Å²) in [7, 11) is 0. The Kier molecular flexibility index (Phi) is 4.59. The molecule has 2 heterocycles. The van der Waals surface area contributed by atoms with Crippen molar-refractivity contribution in [2.45, 2.75) is 13.3 Å². The molecule has 4 aliphatic carbocycles. The first-order valence-electron chi connectivity index (χ1n) is 11.1. The number of carbonyl (C=O) groups excluding carboxylic acids is 3. The number of benzene rings is 1. The maximum atomic E-state index is 13.0. The molecule has 0 radical (unpaired) electrons. The molecule has 7 nitrogen and oxygen atoms in total. The maximum absolute atomic E-state index is 13.0. The Morgan fingerprint density at radius 1 is 1.15 bits per heavy atom.